The van der Waals surface area contributed by atoms with Gasteiger partial charge in [-0.05, 0) is 25.3 Å². The lowest BCUT2D eigenvalue weighted by molar-refractivity contribution is 0.0853. The second kappa shape index (κ2) is 6.21. The molecule has 3 nitrogen and oxygen atoms in total. The monoisotopic (exact) mass is 249 g/mol. The maximum atomic E-state index is 10.1. The molecule has 0 radical (unpaired) electrons. The predicted molar refractivity (Wildman–Crippen MR) is 73.9 cm³/mol. The van der Waals surface area contributed by atoms with Crippen LogP contribution in [0.15, 0.2) is 24.3 Å². The molecule has 1 aliphatic heterocycles. The van der Waals surface area contributed by atoms with Crippen molar-refractivity contribution in [1.29, 1.82) is 0 Å². The van der Waals surface area contributed by atoms with Gasteiger partial charge in [-0.1, -0.05) is 25.1 Å². The summed E-state index contributed by atoms with van der Waals surface area (Å²) in [6, 6.07) is 8.68. The number of rotatable bonds is 4. The zero-order chi connectivity index (χ0) is 13.0. The van der Waals surface area contributed by atoms with Crippen LogP contribution in [0.2, 0.25) is 0 Å². The first-order valence-corrected chi connectivity index (χ1v) is 6.81. The molecule has 0 unspecified atom stereocenters. The van der Waals surface area contributed by atoms with E-state index < -0.39 is 0 Å². The molecule has 1 aliphatic rings. The standard InChI is InChI=1S/C15H23NO2/c1-3-15(17)13-6-4-5-7-14(13)16(2)12-8-10-18-11-9-12/h4-7,12,15,17H,3,8-11H2,1-2H3/t15-/m0/s1. The van der Waals surface area contributed by atoms with Crippen LogP contribution < -0.4 is 4.90 Å². The number of hydrogen-bond acceptors (Lipinski definition) is 3. The summed E-state index contributed by atoms with van der Waals surface area (Å²) in [5.41, 5.74) is 2.19. The zero-order valence-electron chi connectivity index (χ0n) is 11.3. The number of anilines is 1. The molecule has 1 atom stereocenters. The largest absolute Gasteiger partial charge is 0.388 e. The Balaban J connectivity index is 2.20. The summed E-state index contributed by atoms with van der Waals surface area (Å²) in [4.78, 5) is 2.30. The lowest BCUT2D eigenvalue weighted by Gasteiger charge is -2.34. The Kier molecular flexibility index (Phi) is 4.61. The lowest BCUT2D eigenvalue weighted by atomic mass is 10.0. The van der Waals surface area contributed by atoms with Crippen LogP contribution in [-0.2, 0) is 4.74 Å². The molecule has 1 saturated heterocycles. The van der Waals surface area contributed by atoms with E-state index >= 15 is 0 Å². The molecule has 100 valence electrons. The molecule has 2 rings (SSSR count). The molecular formula is C15H23NO2. The number of ether oxygens (including phenoxy) is 1. The van der Waals surface area contributed by atoms with Gasteiger partial charge in [0.05, 0.1) is 6.10 Å². The van der Waals surface area contributed by atoms with Crippen LogP contribution in [0.5, 0.6) is 0 Å². The van der Waals surface area contributed by atoms with E-state index in [0.717, 1.165) is 43.7 Å². The van der Waals surface area contributed by atoms with Gasteiger partial charge >= 0.3 is 0 Å². The van der Waals surface area contributed by atoms with Gasteiger partial charge in [0, 0.05) is 37.6 Å². The molecule has 0 amide bonds. The summed E-state index contributed by atoms with van der Waals surface area (Å²) in [5, 5.41) is 10.1. The van der Waals surface area contributed by atoms with Crippen molar-refractivity contribution in [2.75, 3.05) is 25.2 Å². The van der Waals surface area contributed by atoms with Crippen molar-refractivity contribution < 1.29 is 9.84 Å². The number of benzene rings is 1. The van der Waals surface area contributed by atoms with Crippen LogP contribution in [0.3, 0.4) is 0 Å². The van der Waals surface area contributed by atoms with Gasteiger partial charge in [-0.2, -0.15) is 0 Å². The molecule has 1 heterocycles. The Morgan fingerprint density at radius 2 is 2.00 bits per heavy atom. The third-order valence-electron chi connectivity index (χ3n) is 3.80. The van der Waals surface area contributed by atoms with Gasteiger partial charge in [0.25, 0.3) is 0 Å². The molecule has 0 saturated carbocycles. The normalized spacial score (nSPS) is 18.6. The van der Waals surface area contributed by atoms with E-state index in [1.165, 1.54) is 0 Å². The van der Waals surface area contributed by atoms with Crippen LogP contribution in [0, 0.1) is 0 Å². The van der Waals surface area contributed by atoms with E-state index in [2.05, 4.69) is 18.0 Å². The number of aliphatic hydroxyl groups is 1. The van der Waals surface area contributed by atoms with E-state index in [9.17, 15) is 5.11 Å². The van der Waals surface area contributed by atoms with Crippen LogP contribution in [0.1, 0.15) is 37.9 Å². The summed E-state index contributed by atoms with van der Waals surface area (Å²) < 4.78 is 5.41. The molecule has 1 aromatic carbocycles. The fourth-order valence-electron chi connectivity index (χ4n) is 2.58. The molecule has 18 heavy (non-hydrogen) atoms. The van der Waals surface area contributed by atoms with Crippen molar-refractivity contribution in [3.05, 3.63) is 29.8 Å². The van der Waals surface area contributed by atoms with Crippen molar-refractivity contribution >= 4 is 5.69 Å². The highest BCUT2D eigenvalue weighted by atomic mass is 16.5. The minimum Gasteiger partial charge on any atom is -0.388 e. The van der Waals surface area contributed by atoms with Crippen LogP contribution in [0.4, 0.5) is 5.69 Å². The van der Waals surface area contributed by atoms with Crippen molar-refractivity contribution in [1.82, 2.24) is 0 Å². The highest BCUT2D eigenvalue weighted by molar-refractivity contribution is 5.54. The van der Waals surface area contributed by atoms with Gasteiger partial charge in [-0.15, -0.1) is 0 Å². The summed E-state index contributed by atoms with van der Waals surface area (Å²) in [7, 11) is 2.12. The third kappa shape index (κ3) is 2.85. The molecule has 1 N–H and O–H groups in total. The van der Waals surface area contributed by atoms with Gasteiger partial charge in [0.2, 0.25) is 0 Å². The molecular weight excluding hydrogens is 226 g/mol. The Bertz CT molecular complexity index is 375. The highest BCUT2D eigenvalue weighted by Crippen LogP contribution is 2.30. The van der Waals surface area contributed by atoms with Crippen molar-refractivity contribution in [3.8, 4) is 0 Å². The molecule has 1 fully saturated rings. The van der Waals surface area contributed by atoms with E-state index in [1.54, 1.807) is 0 Å². The number of aliphatic hydroxyl groups excluding tert-OH is 1. The number of para-hydroxylation sites is 1. The van der Waals surface area contributed by atoms with Gasteiger partial charge in [0.1, 0.15) is 0 Å². The first kappa shape index (κ1) is 13.4. The first-order valence-electron chi connectivity index (χ1n) is 6.81. The Labute approximate surface area is 109 Å². The third-order valence-corrected chi connectivity index (χ3v) is 3.80. The molecule has 0 spiro atoms. The SMILES string of the molecule is CC[C@H](O)c1ccccc1N(C)C1CCOCC1. The maximum absolute atomic E-state index is 10.1. The summed E-state index contributed by atoms with van der Waals surface area (Å²) in [6.07, 6.45) is 2.50. The lowest BCUT2D eigenvalue weighted by Crippen LogP contribution is -2.37. The van der Waals surface area contributed by atoms with Gasteiger partial charge < -0.3 is 14.7 Å². The number of nitrogens with zero attached hydrogens (tertiary/aromatic N) is 1. The summed E-state index contributed by atoms with van der Waals surface area (Å²) >= 11 is 0. The maximum Gasteiger partial charge on any atom is 0.0807 e. The second-order valence-corrected chi connectivity index (χ2v) is 4.94. The quantitative estimate of drug-likeness (QED) is 0.890. The summed E-state index contributed by atoms with van der Waals surface area (Å²) in [6.45, 7) is 3.69. The fraction of sp³-hybridized carbons (Fsp3) is 0.600. The average molecular weight is 249 g/mol. The molecule has 3 heteroatoms. The molecule has 0 aliphatic carbocycles. The predicted octanol–water partition coefficient (Wildman–Crippen LogP) is 2.75. The van der Waals surface area contributed by atoms with Crippen LogP contribution in [0.25, 0.3) is 0 Å². The first-order chi connectivity index (χ1) is 8.74. The molecule has 0 bridgehead atoms. The van der Waals surface area contributed by atoms with Crippen molar-refractivity contribution in [3.63, 3.8) is 0 Å². The van der Waals surface area contributed by atoms with Crippen LogP contribution >= 0.6 is 0 Å². The minimum absolute atomic E-state index is 0.372. The van der Waals surface area contributed by atoms with Gasteiger partial charge in [-0.25, -0.2) is 0 Å². The van der Waals surface area contributed by atoms with E-state index in [4.69, 9.17) is 4.74 Å². The molecule has 1 aromatic rings. The van der Waals surface area contributed by atoms with E-state index in [1.807, 2.05) is 25.1 Å². The van der Waals surface area contributed by atoms with Gasteiger partial charge in [-0.3, -0.25) is 0 Å². The van der Waals surface area contributed by atoms with E-state index in [-0.39, 0.29) is 6.10 Å². The second-order valence-electron chi connectivity index (χ2n) is 4.94. The average Bonchev–Trinajstić information content (AvgIpc) is 2.46. The van der Waals surface area contributed by atoms with E-state index in [0.29, 0.717) is 6.04 Å². The summed E-state index contributed by atoms with van der Waals surface area (Å²) in [5.74, 6) is 0. The van der Waals surface area contributed by atoms with Crippen LogP contribution in [-0.4, -0.2) is 31.4 Å². The Morgan fingerprint density at radius 3 is 2.67 bits per heavy atom. The minimum atomic E-state index is -0.372. The Morgan fingerprint density at radius 1 is 1.33 bits per heavy atom. The number of hydrogen-bond donors (Lipinski definition) is 1. The highest BCUT2D eigenvalue weighted by Gasteiger charge is 2.21. The Hall–Kier alpha value is -1.06. The van der Waals surface area contributed by atoms with Crippen molar-refractivity contribution in [2.45, 2.75) is 38.3 Å². The molecule has 0 aromatic heterocycles. The van der Waals surface area contributed by atoms with Crippen molar-refractivity contribution in [2.24, 2.45) is 0 Å². The smallest absolute Gasteiger partial charge is 0.0807 e. The topological polar surface area (TPSA) is 32.7 Å². The zero-order valence-corrected chi connectivity index (χ0v) is 11.3. The fourth-order valence-corrected chi connectivity index (χ4v) is 2.58. The van der Waals surface area contributed by atoms with Gasteiger partial charge in [0.15, 0.2) is 0 Å².